The van der Waals surface area contributed by atoms with Gasteiger partial charge in [0.15, 0.2) is 0 Å². The molecular weight excluding hydrogens is 1520 g/mol. The fraction of sp³-hybridized carbons (Fsp3) is 0.0492. The van der Waals surface area contributed by atoms with Crippen molar-refractivity contribution in [1.29, 1.82) is 0 Å². The second kappa shape index (κ2) is 29.5. The molecule has 22 aromatic rings. The van der Waals surface area contributed by atoms with Crippen molar-refractivity contribution in [2.24, 2.45) is 0 Å². The molecule has 0 radical (unpaired) electrons. The van der Waals surface area contributed by atoms with Crippen LogP contribution < -0.4 is 9.80 Å². The van der Waals surface area contributed by atoms with Crippen LogP contribution in [0.2, 0.25) is 0 Å². The second-order valence-corrected chi connectivity index (χ2v) is 35.1. The molecule has 0 N–H and O–H groups in total. The predicted molar refractivity (Wildman–Crippen MR) is 533 cm³/mol. The zero-order valence-electron chi connectivity index (χ0n) is 70.5. The first-order valence-corrected chi connectivity index (χ1v) is 43.9. The lowest BCUT2D eigenvalue weighted by atomic mass is 9.81. The first-order chi connectivity index (χ1) is 61.9. The molecule has 2 aromatic heterocycles. The summed E-state index contributed by atoms with van der Waals surface area (Å²) < 4.78 is 4.75. The summed E-state index contributed by atoms with van der Waals surface area (Å²) in [5.41, 5.74) is 40.4. The Bertz CT molecular complexity index is 8070. The van der Waals surface area contributed by atoms with Gasteiger partial charge in [-0.25, -0.2) is 0 Å². The molecule has 2 aliphatic carbocycles. The van der Waals surface area contributed by atoms with Crippen LogP contribution in [-0.4, -0.2) is 9.13 Å². The molecule has 20 aromatic carbocycles. The summed E-state index contributed by atoms with van der Waals surface area (Å²) >= 11 is 0. The van der Waals surface area contributed by atoms with Gasteiger partial charge in [-0.1, -0.05) is 331 Å². The largest absolute Gasteiger partial charge is 0.310 e. The van der Waals surface area contributed by atoms with Gasteiger partial charge in [-0.2, -0.15) is 0 Å². The van der Waals surface area contributed by atoms with E-state index in [0.717, 1.165) is 62.2 Å². The fourth-order valence-electron chi connectivity index (χ4n) is 20.9. The van der Waals surface area contributed by atoms with Gasteiger partial charge in [0.2, 0.25) is 0 Å². The highest BCUT2D eigenvalue weighted by atomic mass is 15.1. The topological polar surface area (TPSA) is 16.3 Å². The molecule has 0 atom stereocenters. The molecule has 0 fully saturated rings. The minimum atomic E-state index is -0.321. The Morgan fingerprint density at radius 2 is 0.468 bits per heavy atom. The van der Waals surface area contributed by atoms with Crippen LogP contribution in [0.1, 0.15) is 49.9 Å². The third kappa shape index (κ3) is 12.3. The van der Waals surface area contributed by atoms with Gasteiger partial charge in [-0.3, -0.25) is 0 Å². The van der Waals surface area contributed by atoms with Gasteiger partial charge in [0.1, 0.15) is 0 Å². The van der Waals surface area contributed by atoms with Crippen LogP contribution in [-0.2, 0) is 10.8 Å². The molecule has 24 rings (SSSR count). The molecule has 0 bridgehead atoms. The Balaban J connectivity index is 0.527. The van der Waals surface area contributed by atoms with Crippen LogP contribution in [0.4, 0.5) is 34.1 Å². The molecular formula is C122H86N4. The van der Waals surface area contributed by atoms with E-state index >= 15 is 0 Å². The van der Waals surface area contributed by atoms with Crippen molar-refractivity contribution < 1.29 is 0 Å². The van der Waals surface area contributed by atoms with Crippen LogP contribution in [0.3, 0.4) is 0 Å². The smallest absolute Gasteiger partial charge is 0.0541 e. The third-order valence-electron chi connectivity index (χ3n) is 27.3. The van der Waals surface area contributed by atoms with E-state index in [1.807, 2.05) is 0 Å². The van der Waals surface area contributed by atoms with Crippen molar-refractivity contribution >= 4 is 99.3 Å². The van der Waals surface area contributed by atoms with Crippen LogP contribution in [0, 0.1) is 0 Å². The number of hydrogen-bond acceptors (Lipinski definition) is 2. The summed E-state index contributed by atoms with van der Waals surface area (Å²) in [5.74, 6) is 0. The van der Waals surface area contributed by atoms with Crippen molar-refractivity contribution in [1.82, 2.24) is 9.13 Å². The minimum absolute atomic E-state index is 0.169. The molecule has 2 aliphatic rings. The summed E-state index contributed by atoms with van der Waals surface area (Å²) in [4.78, 5) is 4.87. The van der Waals surface area contributed by atoms with Crippen LogP contribution in [0.25, 0.3) is 177 Å². The second-order valence-electron chi connectivity index (χ2n) is 35.1. The number of anilines is 6. The first kappa shape index (κ1) is 74.0. The Hall–Kier alpha value is -15.9. The van der Waals surface area contributed by atoms with E-state index in [0.29, 0.717) is 0 Å². The monoisotopic (exact) mass is 1610 g/mol. The summed E-state index contributed by atoms with van der Waals surface area (Å²) in [6, 6.07) is 167. The predicted octanol–water partition coefficient (Wildman–Crippen LogP) is 33.4. The van der Waals surface area contributed by atoms with Crippen molar-refractivity contribution in [3.63, 3.8) is 0 Å². The Morgan fingerprint density at radius 3 is 0.944 bits per heavy atom. The van der Waals surface area contributed by atoms with E-state index in [1.54, 1.807) is 0 Å². The highest BCUT2D eigenvalue weighted by Gasteiger charge is 2.38. The quantitative estimate of drug-likeness (QED) is 0.102. The SMILES string of the molecule is CC1(C)c2ccccc2-c2ccc(N(c3ccc(-c4ccc(-c5ccc6c(c5)c5ccccc5n6-c5ccccc5)cc4)cc3)c3ccc(-c4cccc5c(-c6ccc7c(c6)C(C)(C)c6cc(N(c8ccc(-c9ccc(-c%10ccc%11c(c%10)c%10ccccc%10n%11-c%10ccccc%10)cc9)cc8)c8ccc(-c9ccc%10ccccc%10c9)cc8)ccc6-7)cccc45)cc3)cc21. The molecule has 0 spiro atoms. The molecule has 2 heterocycles. The lowest BCUT2D eigenvalue weighted by molar-refractivity contribution is 0.660. The van der Waals surface area contributed by atoms with Crippen molar-refractivity contribution in [2.45, 2.75) is 38.5 Å². The Kier molecular flexibility index (Phi) is 17.3. The van der Waals surface area contributed by atoms with E-state index < -0.39 is 0 Å². The molecule has 594 valence electrons. The number of hydrogen-bond donors (Lipinski definition) is 0. The Labute approximate surface area is 734 Å². The summed E-state index contributed by atoms with van der Waals surface area (Å²) in [7, 11) is 0. The van der Waals surface area contributed by atoms with Crippen molar-refractivity contribution in [3.05, 3.63) is 471 Å². The number of nitrogens with zero attached hydrogens (tertiary/aromatic N) is 4. The molecule has 0 saturated heterocycles. The number of fused-ring (bicyclic) bond motifs is 14. The highest BCUT2D eigenvalue weighted by Crippen LogP contribution is 2.55. The van der Waals surface area contributed by atoms with Crippen LogP contribution in [0.15, 0.2) is 449 Å². The van der Waals surface area contributed by atoms with Crippen LogP contribution in [0.5, 0.6) is 0 Å². The Morgan fingerprint density at radius 1 is 0.167 bits per heavy atom. The normalized spacial score (nSPS) is 12.9. The maximum absolute atomic E-state index is 2.48. The van der Waals surface area contributed by atoms with Crippen molar-refractivity contribution in [2.75, 3.05) is 9.80 Å². The van der Waals surface area contributed by atoms with E-state index in [-0.39, 0.29) is 10.8 Å². The van der Waals surface area contributed by atoms with E-state index in [4.69, 9.17) is 0 Å². The summed E-state index contributed by atoms with van der Waals surface area (Å²) in [6.45, 7) is 9.57. The maximum atomic E-state index is 2.48. The number of rotatable bonds is 15. The molecule has 4 nitrogen and oxygen atoms in total. The van der Waals surface area contributed by atoms with Gasteiger partial charge in [0, 0.05) is 77.9 Å². The van der Waals surface area contributed by atoms with Gasteiger partial charge in [0.25, 0.3) is 0 Å². The third-order valence-corrected chi connectivity index (χ3v) is 27.3. The molecule has 0 unspecified atom stereocenters. The highest BCUT2D eigenvalue weighted by molar-refractivity contribution is 6.12. The average Bonchev–Trinajstić information content (AvgIpc) is 1.56. The lowest BCUT2D eigenvalue weighted by Gasteiger charge is -2.28. The van der Waals surface area contributed by atoms with Gasteiger partial charge >= 0.3 is 0 Å². The molecule has 4 heteroatoms. The van der Waals surface area contributed by atoms with Crippen LogP contribution >= 0.6 is 0 Å². The van der Waals surface area contributed by atoms with Gasteiger partial charge in [0.05, 0.1) is 22.1 Å². The zero-order chi connectivity index (χ0) is 83.9. The summed E-state index contributed by atoms with van der Waals surface area (Å²) in [6.07, 6.45) is 0. The van der Waals surface area contributed by atoms with Gasteiger partial charge in [-0.05, 0) is 290 Å². The number of para-hydroxylation sites is 4. The molecule has 0 aliphatic heterocycles. The lowest BCUT2D eigenvalue weighted by Crippen LogP contribution is -2.16. The van der Waals surface area contributed by atoms with E-state index in [9.17, 15) is 0 Å². The average molecular weight is 1610 g/mol. The number of benzene rings is 20. The molecule has 126 heavy (non-hydrogen) atoms. The maximum Gasteiger partial charge on any atom is 0.0541 e. The van der Waals surface area contributed by atoms with Gasteiger partial charge in [-0.15, -0.1) is 0 Å². The number of aromatic nitrogens is 2. The summed E-state index contributed by atoms with van der Waals surface area (Å²) in [5, 5.41) is 9.91. The molecule has 0 amide bonds. The zero-order valence-corrected chi connectivity index (χ0v) is 70.5. The standard InChI is InChI=1S/C122H86N4/c1-121(2)113-34-16-13-27-105(113)107-69-66-99(77-115(107)121)124(96-60-49-83(50-61-96)81-39-43-85(44-40-81)91-57-72-120-112(75-91)110-29-15-18-36-118(110)126(120)94-25-9-6-10-26-94)98-64-53-87(54-65-98)101-30-19-33-104-102(31-20-32-103(101)104)92-55-68-106-108-70-67-100(78-116(108)122(3,4)114(106)76-92)123(97-62-51-86(52-63-97)89-46-45-79-21-11-12-22-88(79)73-89)95-58-47-82(48-59-95)80-37-41-84(42-38-80)90-56-71-119-111(74-90)109-28-14-17-35-117(109)125(119)93-23-7-5-8-24-93/h5-78H,1-4H3. The molecule has 0 saturated carbocycles. The van der Waals surface area contributed by atoms with Gasteiger partial charge < -0.3 is 18.9 Å². The fourth-order valence-corrected chi connectivity index (χ4v) is 20.9. The van der Waals surface area contributed by atoms with E-state index in [1.165, 1.54) is 171 Å². The van der Waals surface area contributed by atoms with E-state index in [2.05, 4.69) is 496 Å². The first-order valence-electron chi connectivity index (χ1n) is 43.9. The van der Waals surface area contributed by atoms with Crippen molar-refractivity contribution in [3.8, 4) is 112 Å². The minimum Gasteiger partial charge on any atom is -0.310 e.